The number of fused-ring (bicyclic) bond motifs is 2. The molecule has 3 N–H and O–H groups in total. The molecule has 14 heteroatoms. The summed E-state index contributed by atoms with van der Waals surface area (Å²) >= 11 is 0. The maximum Gasteiger partial charge on any atom is 0.209 e. The van der Waals surface area contributed by atoms with Crippen molar-refractivity contribution in [2.75, 3.05) is 31.3 Å². The molecule has 0 unspecified atom stereocenters. The summed E-state index contributed by atoms with van der Waals surface area (Å²) in [6.07, 6.45) is 11.5. The predicted octanol–water partition coefficient (Wildman–Crippen LogP) is 4.23. The van der Waals surface area contributed by atoms with Gasteiger partial charge in [-0.25, -0.2) is 26.9 Å². The van der Waals surface area contributed by atoms with Crippen molar-refractivity contribution in [3.63, 3.8) is 0 Å². The summed E-state index contributed by atoms with van der Waals surface area (Å²) in [7, 11) is -3.47. The highest BCUT2D eigenvalue weighted by molar-refractivity contribution is 7.88. The first-order valence-electron chi connectivity index (χ1n) is 14.4. The van der Waals surface area contributed by atoms with E-state index in [1.54, 1.807) is 37.1 Å². The number of hydrogen-bond donors (Lipinski definition) is 3. The first-order valence-corrected chi connectivity index (χ1v) is 16.3. The molecule has 0 saturated carbocycles. The minimum Gasteiger partial charge on any atom is -0.364 e. The van der Waals surface area contributed by atoms with Gasteiger partial charge in [-0.15, -0.1) is 0 Å². The number of pyridine rings is 3. The molecule has 0 atom stereocenters. The van der Waals surface area contributed by atoms with E-state index in [9.17, 15) is 12.8 Å². The van der Waals surface area contributed by atoms with Crippen molar-refractivity contribution in [1.82, 2.24) is 34.5 Å². The van der Waals surface area contributed by atoms with Crippen LogP contribution in [-0.4, -0.2) is 70.0 Å². The summed E-state index contributed by atoms with van der Waals surface area (Å²) < 4.78 is 56.6. The van der Waals surface area contributed by atoms with Crippen LogP contribution < -0.4 is 10.0 Å². The molecule has 45 heavy (non-hydrogen) atoms. The van der Waals surface area contributed by atoms with Crippen LogP contribution >= 0.6 is 0 Å². The quantitative estimate of drug-likeness (QED) is 0.232. The summed E-state index contributed by atoms with van der Waals surface area (Å²) in [5.74, 6) is -0.775. The third-order valence-corrected chi connectivity index (χ3v) is 8.53. The van der Waals surface area contributed by atoms with Gasteiger partial charge in [0.2, 0.25) is 10.0 Å². The fourth-order valence-electron chi connectivity index (χ4n) is 5.81. The number of rotatable bonds is 8. The lowest BCUT2D eigenvalue weighted by atomic mass is 10.0. The smallest absolute Gasteiger partial charge is 0.209 e. The molecule has 0 aliphatic carbocycles. The van der Waals surface area contributed by atoms with E-state index < -0.39 is 21.7 Å². The third-order valence-electron chi connectivity index (χ3n) is 7.86. The third kappa shape index (κ3) is 6.03. The number of anilines is 1. The molecule has 11 nitrogen and oxygen atoms in total. The van der Waals surface area contributed by atoms with Crippen LogP contribution in [0, 0.1) is 11.6 Å². The lowest BCUT2D eigenvalue weighted by molar-refractivity contribution is 0.331. The highest BCUT2D eigenvalue weighted by Crippen LogP contribution is 2.33. The van der Waals surface area contributed by atoms with Gasteiger partial charge in [0.15, 0.2) is 11.6 Å². The van der Waals surface area contributed by atoms with Gasteiger partial charge < -0.3 is 10.3 Å². The largest absolute Gasteiger partial charge is 0.364 e. The molecule has 230 valence electrons. The van der Waals surface area contributed by atoms with Crippen LogP contribution in [0.2, 0.25) is 0 Å². The van der Waals surface area contributed by atoms with Crippen LogP contribution in [0.15, 0.2) is 60.2 Å². The number of nitrogens with zero attached hydrogens (tertiary/aromatic N) is 6. The highest BCUT2D eigenvalue weighted by Gasteiger charge is 2.27. The van der Waals surface area contributed by atoms with E-state index in [-0.39, 0.29) is 24.5 Å². The van der Waals surface area contributed by atoms with Gasteiger partial charge in [0.25, 0.3) is 0 Å². The van der Waals surface area contributed by atoms with Crippen molar-refractivity contribution in [2.45, 2.75) is 25.9 Å². The Morgan fingerprint density at radius 3 is 2.58 bits per heavy atom. The summed E-state index contributed by atoms with van der Waals surface area (Å²) in [5.41, 5.74) is 5.16. The van der Waals surface area contributed by atoms with Crippen LogP contribution in [0.1, 0.15) is 35.4 Å². The predicted molar refractivity (Wildman–Crippen MR) is 167 cm³/mol. The standard InChI is InChI=1S/C31H29F2N9O2S/c1-45(43,44)39-11-18-6-20(9-22(32)8-18)23-13-35-14-25-29(23)41-31(40-25)30-26-24(37-17-38-30)15-36-28(27(26)33)21-7-19(10-34-12-21)16-42-4-2-3-5-42/h6-10,12-15,37,39H,2-5,11,16-17H2,1H3,(H,40,41). The number of nitrogens with one attached hydrogen (secondary N) is 3. The second kappa shape index (κ2) is 11.7. The van der Waals surface area contributed by atoms with Crippen molar-refractivity contribution in [3.8, 4) is 22.4 Å². The van der Waals surface area contributed by atoms with Gasteiger partial charge in [0, 0.05) is 42.8 Å². The fraction of sp³-hybridized carbons (Fsp3) is 0.258. The lowest BCUT2D eigenvalue weighted by Gasteiger charge is -2.19. The van der Waals surface area contributed by atoms with Crippen LogP contribution in [0.3, 0.4) is 0 Å². The second-order valence-electron chi connectivity index (χ2n) is 11.2. The van der Waals surface area contributed by atoms with Crippen LogP contribution in [0.25, 0.3) is 33.4 Å². The summed E-state index contributed by atoms with van der Waals surface area (Å²) in [5, 5.41) is 3.09. The molecule has 1 fully saturated rings. The SMILES string of the molecule is CS(=O)(=O)NCc1cc(F)cc(-c2cncc3[nH]c(C4=NCNc5cnc(-c6cncc(CN7CCCC7)c6)c(F)c54)nc23)c1. The van der Waals surface area contributed by atoms with E-state index in [4.69, 9.17) is 4.98 Å². The van der Waals surface area contributed by atoms with Crippen molar-refractivity contribution in [3.05, 3.63) is 89.4 Å². The van der Waals surface area contributed by atoms with E-state index in [1.165, 1.54) is 25.0 Å². The number of aromatic amines is 1. The zero-order valence-electron chi connectivity index (χ0n) is 24.3. The molecule has 0 radical (unpaired) electrons. The Kier molecular flexibility index (Phi) is 7.55. The highest BCUT2D eigenvalue weighted by atomic mass is 32.2. The Bertz CT molecular complexity index is 2080. The number of likely N-dealkylation sites (tertiary alicyclic amines) is 1. The number of sulfonamides is 1. The molecule has 1 saturated heterocycles. The zero-order valence-corrected chi connectivity index (χ0v) is 25.1. The van der Waals surface area contributed by atoms with Gasteiger partial charge in [-0.2, -0.15) is 0 Å². The molecule has 5 aromatic rings. The van der Waals surface area contributed by atoms with E-state index >= 15 is 4.39 Å². The number of aliphatic imine (C=N–C) groups is 1. The molecule has 0 amide bonds. The molecule has 0 bridgehead atoms. The molecule has 6 heterocycles. The number of imidazole rings is 1. The monoisotopic (exact) mass is 629 g/mol. The molecule has 7 rings (SSSR count). The van der Waals surface area contributed by atoms with Gasteiger partial charge in [-0.3, -0.25) is 24.8 Å². The van der Waals surface area contributed by atoms with Gasteiger partial charge in [0.05, 0.1) is 40.9 Å². The second-order valence-corrected chi connectivity index (χ2v) is 13.1. The minimum atomic E-state index is -3.47. The number of benzene rings is 1. The van der Waals surface area contributed by atoms with Gasteiger partial charge in [0.1, 0.15) is 23.9 Å². The lowest BCUT2D eigenvalue weighted by Crippen LogP contribution is -2.21. The van der Waals surface area contributed by atoms with Gasteiger partial charge >= 0.3 is 0 Å². The Labute approximate surface area is 257 Å². The van der Waals surface area contributed by atoms with E-state index in [2.05, 4.69) is 39.9 Å². The summed E-state index contributed by atoms with van der Waals surface area (Å²) in [6, 6.07) is 6.19. The summed E-state index contributed by atoms with van der Waals surface area (Å²) in [4.78, 5) is 28.0. The molecular formula is C31H29F2N9O2S. The van der Waals surface area contributed by atoms with Gasteiger partial charge in [-0.05, 0) is 66.9 Å². The number of aromatic nitrogens is 5. The zero-order chi connectivity index (χ0) is 31.1. The molecule has 4 aromatic heterocycles. The topological polar surface area (TPSA) is 141 Å². The van der Waals surface area contributed by atoms with Crippen molar-refractivity contribution >= 4 is 32.5 Å². The fourth-order valence-corrected chi connectivity index (χ4v) is 6.24. The van der Waals surface area contributed by atoms with Crippen molar-refractivity contribution in [1.29, 1.82) is 0 Å². The van der Waals surface area contributed by atoms with Crippen LogP contribution in [-0.2, 0) is 23.1 Å². The van der Waals surface area contributed by atoms with Crippen molar-refractivity contribution in [2.24, 2.45) is 4.99 Å². The van der Waals surface area contributed by atoms with E-state index in [0.29, 0.717) is 50.5 Å². The first kappa shape index (κ1) is 29.1. The summed E-state index contributed by atoms with van der Waals surface area (Å²) in [6.45, 7) is 2.94. The Hall–Kier alpha value is -4.66. The van der Waals surface area contributed by atoms with Crippen molar-refractivity contribution < 1.29 is 17.2 Å². The number of H-pyrrole nitrogens is 1. The average molecular weight is 630 g/mol. The molecular weight excluding hydrogens is 600 g/mol. The van der Waals surface area contributed by atoms with E-state index in [0.717, 1.165) is 31.5 Å². The molecule has 1 aromatic carbocycles. The van der Waals surface area contributed by atoms with Gasteiger partial charge in [-0.1, -0.05) is 0 Å². The van der Waals surface area contributed by atoms with Crippen LogP contribution in [0.5, 0.6) is 0 Å². The van der Waals surface area contributed by atoms with E-state index in [1.807, 2.05) is 6.07 Å². The normalized spacial score (nSPS) is 15.2. The molecule has 0 spiro atoms. The average Bonchev–Trinajstić information content (AvgIpc) is 3.69. The molecule has 2 aliphatic rings. The minimum absolute atomic E-state index is 0.0776. The number of halogens is 2. The van der Waals surface area contributed by atoms with Crippen LogP contribution in [0.4, 0.5) is 14.5 Å². The maximum absolute atomic E-state index is 16.4. The Morgan fingerprint density at radius 1 is 0.956 bits per heavy atom. The Balaban J connectivity index is 1.26. The Morgan fingerprint density at radius 2 is 1.76 bits per heavy atom. The first-order chi connectivity index (χ1) is 21.7. The maximum atomic E-state index is 16.4. The number of hydrogen-bond acceptors (Lipinski definition) is 9. The molecule has 2 aliphatic heterocycles.